The summed E-state index contributed by atoms with van der Waals surface area (Å²) in [6.07, 6.45) is 4.26. The predicted molar refractivity (Wildman–Crippen MR) is 75.4 cm³/mol. The van der Waals surface area contributed by atoms with Crippen molar-refractivity contribution >= 4 is 12.2 Å². The van der Waals surface area contributed by atoms with Crippen molar-refractivity contribution < 1.29 is 0 Å². The van der Waals surface area contributed by atoms with E-state index in [2.05, 4.69) is 4.99 Å². The Balaban J connectivity index is 2.54. The molecule has 1 aromatic heterocycles. The Morgan fingerprint density at radius 3 is 2.63 bits per heavy atom. The molecular formula is C13H20N4O2. The van der Waals surface area contributed by atoms with Crippen LogP contribution in [-0.4, -0.2) is 34.5 Å². The Bertz CT molecular complexity index is 594. The third-order valence-corrected chi connectivity index (χ3v) is 2.98. The lowest BCUT2D eigenvalue weighted by molar-refractivity contribution is 0.556. The van der Waals surface area contributed by atoms with Crippen LogP contribution in [0, 0.1) is 0 Å². The van der Waals surface area contributed by atoms with Crippen LogP contribution < -0.4 is 11.2 Å². The fraction of sp³-hybridized carbons (Fsp3) is 0.615. The van der Waals surface area contributed by atoms with Gasteiger partial charge in [0.25, 0.3) is 5.56 Å². The number of aromatic nitrogens is 2. The lowest BCUT2D eigenvalue weighted by Gasteiger charge is -2.12. The molecular weight excluding hydrogens is 244 g/mol. The van der Waals surface area contributed by atoms with Gasteiger partial charge in [0.05, 0.1) is 6.34 Å². The van der Waals surface area contributed by atoms with Gasteiger partial charge in [-0.25, -0.2) is 9.79 Å². The highest BCUT2D eigenvalue weighted by Crippen LogP contribution is 2.32. The highest BCUT2D eigenvalue weighted by Gasteiger charge is 2.27. The SMILES string of the molecule is CCCn1c(N=CN(C)C)cc(=O)n(C2CC2)c1=O. The van der Waals surface area contributed by atoms with E-state index >= 15 is 0 Å². The van der Waals surface area contributed by atoms with Crippen molar-refractivity contribution in [1.29, 1.82) is 0 Å². The molecule has 1 fully saturated rings. The standard InChI is InChI=1S/C13H20N4O2/c1-4-7-16-11(14-9-15(2)3)8-12(18)17(13(16)19)10-5-6-10/h8-10H,4-7H2,1-3H3. The highest BCUT2D eigenvalue weighted by atomic mass is 16.2. The smallest absolute Gasteiger partial charge is 0.332 e. The number of hydrogen-bond acceptors (Lipinski definition) is 3. The molecule has 0 unspecified atom stereocenters. The first-order valence-electron chi connectivity index (χ1n) is 6.61. The van der Waals surface area contributed by atoms with Crippen LogP contribution in [0.15, 0.2) is 20.6 Å². The van der Waals surface area contributed by atoms with Crippen LogP contribution in [0.5, 0.6) is 0 Å². The zero-order chi connectivity index (χ0) is 14.0. The van der Waals surface area contributed by atoms with Gasteiger partial charge >= 0.3 is 5.69 Å². The van der Waals surface area contributed by atoms with Crippen LogP contribution in [0.4, 0.5) is 5.82 Å². The van der Waals surface area contributed by atoms with E-state index in [1.54, 1.807) is 15.8 Å². The van der Waals surface area contributed by atoms with Crippen molar-refractivity contribution in [3.8, 4) is 0 Å². The maximum Gasteiger partial charge on any atom is 0.332 e. The summed E-state index contributed by atoms with van der Waals surface area (Å²) in [6, 6.07) is 1.55. The van der Waals surface area contributed by atoms with Crippen molar-refractivity contribution in [2.45, 2.75) is 38.8 Å². The van der Waals surface area contributed by atoms with Gasteiger partial charge in [0.2, 0.25) is 0 Å². The summed E-state index contributed by atoms with van der Waals surface area (Å²) < 4.78 is 2.95. The summed E-state index contributed by atoms with van der Waals surface area (Å²) in [6.45, 7) is 2.57. The van der Waals surface area contributed by atoms with Gasteiger partial charge in [0.1, 0.15) is 5.82 Å². The van der Waals surface area contributed by atoms with Crippen LogP contribution in [0.1, 0.15) is 32.2 Å². The first kappa shape index (κ1) is 13.6. The van der Waals surface area contributed by atoms with E-state index in [4.69, 9.17) is 0 Å². The molecule has 1 heterocycles. The Morgan fingerprint density at radius 1 is 1.42 bits per heavy atom. The van der Waals surface area contributed by atoms with E-state index in [1.165, 1.54) is 10.6 Å². The van der Waals surface area contributed by atoms with Crippen molar-refractivity contribution in [2.24, 2.45) is 4.99 Å². The summed E-state index contributed by atoms with van der Waals surface area (Å²) in [5.41, 5.74) is -0.478. The van der Waals surface area contributed by atoms with E-state index in [0.717, 1.165) is 19.3 Å². The van der Waals surface area contributed by atoms with Crippen LogP contribution >= 0.6 is 0 Å². The number of nitrogens with zero attached hydrogens (tertiary/aromatic N) is 4. The van der Waals surface area contributed by atoms with Gasteiger partial charge in [-0.05, 0) is 19.3 Å². The van der Waals surface area contributed by atoms with Gasteiger partial charge in [0, 0.05) is 32.7 Å². The second-order valence-corrected chi connectivity index (χ2v) is 5.08. The van der Waals surface area contributed by atoms with Crippen LogP contribution in [-0.2, 0) is 6.54 Å². The fourth-order valence-electron chi connectivity index (χ4n) is 1.96. The fourth-order valence-corrected chi connectivity index (χ4v) is 1.96. The maximum atomic E-state index is 12.4. The van der Waals surface area contributed by atoms with E-state index in [9.17, 15) is 9.59 Å². The minimum absolute atomic E-state index is 0.0926. The molecule has 0 saturated heterocycles. The number of rotatable bonds is 5. The molecule has 19 heavy (non-hydrogen) atoms. The molecule has 0 N–H and O–H groups in total. The zero-order valence-electron chi connectivity index (χ0n) is 11.7. The molecule has 1 saturated carbocycles. The number of hydrogen-bond donors (Lipinski definition) is 0. The Kier molecular flexibility index (Phi) is 3.87. The second kappa shape index (κ2) is 5.42. The van der Waals surface area contributed by atoms with Gasteiger partial charge in [0.15, 0.2) is 0 Å². The monoisotopic (exact) mass is 264 g/mol. The van der Waals surface area contributed by atoms with E-state index < -0.39 is 0 Å². The van der Waals surface area contributed by atoms with E-state index in [0.29, 0.717) is 12.4 Å². The Hall–Kier alpha value is -1.85. The third-order valence-electron chi connectivity index (χ3n) is 2.98. The zero-order valence-corrected chi connectivity index (χ0v) is 11.7. The second-order valence-electron chi connectivity index (χ2n) is 5.08. The molecule has 0 aliphatic heterocycles. The Labute approximate surface area is 112 Å². The summed E-state index contributed by atoms with van der Waals surface area (Å²) in [5, 5.41) is 0. The summed E-state index contributed by atoms with van der Waals surface area (Å²) >= 11 is 0. The maximum absolute atomic E-state index is 12.4. The first-order chi connectivity index (χ1) is 9.04. The number of aliphatic imine (C=N–C) groups is 1. The molecule has 6 nitrogen and oxygen atoms in total. The summed E-state index contributed by atoms with van der Waals surface area (Å²) in [5.74, 6) is 0.433. The molecule has 2 rings (SSSR count). The van der Waals surface area contributed by atoms with E-state index in [1.807, 2.05) is 21.0 Å². The van der Waals surface area contributed by atoms with Crippen molar-refractivity contribution in [1.82, 2.24) is 14.0 Å². The van der Waals surface area contributed by atoms with Gasteiger partial charge in [-0.1, -0.05) is 6.92 Å². The van der Waals surface area contributed by atoms with Gasteiger partial charge in [-0.2, -0.15) is 0 Å². The van der Waals surface area contributed by atoms with Crippen molar-refractivity contribution in [3.05, 3.63) is 26.9 Å². The molecule has 0 spiro atoms. The molecule has 6 heteroatoms. The quantitative estimate of drug-likeness (QED) is 0.588. The molecule has 0 atom stereocenters. The largest absolute Gasteiger partial charge is 0.369 e. The molecule has 104 valence electrons. The van der Waals surface area contributed by atoms with Gasteiger partial charge in [-0.15, -0.1) is 0 Å². The summed E-state index contributed by atoms with van der Waals surface area (Å²) in [4.78, 5) is 30.4. The lowest BCUT2D eigenvalue weighted by atomic mass is 10.4. The van der Waals surface area contributed by atoms with Crippen LogP contribution in [0.2, 0.25) is 0 Å². The van der Waals surface area contributed by atoms with Crippen LogP contribution in [0.3, 0.4) is 0 Å². The molecule has 0 bridgehead atoms. The average Bonchev–Trinajstić information content (AvgIpc) is 3.15. The topological polar surface area (TPSA) is 59.6 Å². The average molecular weight is 264 g/mol. The Morgan fingerprint density at radius 2 is 2.11 bits per heavy atom. The van der Waals surface area contributed by atoms with E-state index in [-0.39, 0.29) is 17.3 Å². The minimum atomic E-state index is -0.245. The lowest BCUT2D eigenvalue weighted by Crippen LogP contribution is -2.38. The molecule has 0 radical (unpaired) electrons. The molecule has 1 aromatic rings. The highest BCUT2D eigenvalue weighted by molar-refractivity contribution is 5.58. The molecule has 0 aromatic carbocycles. The molecule has 0 amide bonds. The third kappa shape index (κ3) is 2.94. The summed E-state index contributed by atoms with van der Waals surface area (Å²) in [7, 11) is 3.69. The predicted octanol–water partition coefficient (Wildman–Crippen LogP) is 0.976. The van der Waals surface area contributed by atoms with Gasteiger partial charge in [-0.3, -0.25) is 13.9 Å². The van der Waals surface area contributed by atoms with Crippen molar-refractivity contribution in [2.75, 3.05) is 14.1 Å². The first-order valence-corrected chi connectivity index (χ1v) is 6.61. The molecule has 1 aliphatic carbocycles. The van der Waals surface area contributed by atoms with Crippen molar-refractivity contribution in [3.63, 3.8) is 0 Å². The van der Waals surface area contributed by atoms with Gasteiger partial charge < -0.3 is 4.90 Å². The molecule has 1 aliphatic rings. The minimum Gasteiger partial charge on any atom is -0.369 e. The normalized spacial score (nSPS) is 15.1. The van der Waals surface area contributed by atoms with Crippen LogP contribution in [0.25, 0.3) is 0 Å².